The van der Waals surface area contributed by atoms with Crippen LogP contribution in [0.25, 0.3) is 11.1 Å². The minimum absolute atomic E-state index is 0.269. The summed E-state index contributed by atoms with van der Waals surface area (Å²) in [6, 6.07) is 18.5. The van der Waals surface area contributed by atoms with Gasteiger partial charge in [0.15, 0.2) is 0 Å². The molecule has 0 amide bonds. The Morgan fingerprint density at radius 1 is 1.09 bits per heavy atom. The van der Waals surface area contributed by atoms with Gasteiger partial charge in [0.1, 0.15) is 5.75 Å². The van der Waals surface area contributed by atoms with Crippen molar-refractivity contribution in [3.63, 3.8) is 0 Å². The second-order valence-electron chi connectivity index (χ2n) is 8.87. The van der Waals surface area contributed by atoms with Crippen LogP contribution in [0.4, 0.5) is 0 Å². The van der Waals surface area contributed by atoms with Gasteiger partial charge in [-0.15, -0.1) is 0 Å². The third-order valence-electron chi connectivity index (χ3n) is 6.01. The molecule has 1 aliphatic heterocycles. The van der Waals surface area contributed by atoms with Crippen molar-refractivity contribution >= 4 is 5.97 Å². The maximum atomic E-state index is 11.2. The Hall–Kier alpha value is -3.34. The van der Waals surface area contributed by atoms with Gasteiger partial charge in [-0.25, -0.2) is 4.98 Å². The van der Waals surface area contributed by atoms with Crippen molar-refractivity contribution in [2.75, 3.05) is 13.7 Å². The Morgan fingerprint density at radius 2 is 1.85 bits per heavy atom. The molecule has 2 heterocycles. The van der Waals surface area contributed by atoms with Crippen molar-refractivity contribution in [2.45, 2.75) is 44.9 Å². The number of pyridine rings is 1. The molecule has 1 saturated carbocycles. The molecule has 2 aliphatic rings. The van der Waals surface area contributed by atoms with Crippen LogP contribution in [-0.4, -0.2) is 29.8 Å². The molecule has 5 nitrogen and oxygen atoms in total. The average molecular weight is 446 g/mol. The van der Waals surface area contributed by atoms with Crippen LogP contribution in [0, 0.1) is 5.92 Å². The lowest BCUT2D eigenvalue weighted by Crippen LogP contribution is -2.19. The second-order valence-corrected chi connectivity index (χ2v) is 8.87. The Kier molecular flexibility index (Phi) is 7.28. The molecule has 1 aromatic heterocycles. The lowest BCUT2D eigenvalue weighted by molar-refractivity contribution is -0.141. The Bertz CT molecular complexity index is 1090. The summed E-state index contributed by atoms with van der Waals surface area (Å²) in [6.45, 7) is 2.38. The molecule has 5 heteroatoms. The van der Waals surface area contributed by atoms with E-state index in [-0.39, 0.29) is 5.92 Å². The molecular weight excluding hydrogens is 414 g/mol. The van der Waals surface area contributed by atoms with E-state index in [1.807, 2.05) is 24.3 Å². The summed E-state index contributed by atoms with van der Waals surface area (Å²) in [5.41, 5.74) is 5.59. The number of hydrogen-bond donors (Lipinski definition) is 1. The van der Waals surface area contributed by atoms with E-state index < -0.39 is 11.9 Å². The number of fused-ring (bicyclic) bond motifs is 1. The van der Waals surface area contributed by atoms with Crippen molar-refractivity contribution in [1.82, 2.24) is 4.98 Å². The van der Waals surface area contributed by atoms with Gasteiger partial charge in [0.2, 0.25) is 5.88 Å². The first-order valence-corrected chi connectivity index (χ1v) is 11.6. The Balaban J connectivity index is 0.000000799. The van der Waals surface area contributed by atoms with E-state index in [4.69, 9.17) is 9.47 Å². The summed E-state index contributed by atoms with van der Waals surface area (Å²) < 4.78 is 11.2. The van der Waals surface area contributed by atoms with Crippen LogP contribution in [0.5, 0.6) is 11.6 Å². The highest BCUT2D eigenvalue weighted by Gasteiger charge is 2.22. The number of carbonyl (C=O) groups is 1. The number of carboxylic acid groups (broad SMARTS) is 1. The summed E-state index contributed by atoms with van der Waals surface area (Å²) in [7, 11) is 1.61. The lowest BCUT2D eigenvalue weighted by atomic mass is 9.88. The predicted molar refractivity (Wildman–Crippen MR) is 129 cm³/mol. The van der Waals surface area contributed by atoms with E-state index in [9.17, 15) is 9.90 Å². The van der Waals surface area contributed by atoms with Crippen molar-refractivity contribution < 1.29 is 19.4 Å². The summed E-state index contributed by atoms with van der Waals surface area (Å²) >= 11 is 0. The van der Waals surface area contributed by atoms with Crippen LogP contribution in [0.1, 0.15) is 48.8 Å². The number of methoxy groups -OCH3 is 1. The van der Waals surface area contributed by atoms with Crippen molar-refractivity contribution in [3.8, 4) is 22.8 Å². The molecule has 0 radical (unpaired) electrons. The van der Waals surface area contributed by atoms with Gasteiger partial charge >= 0.3 is 5.97 Å². The normalized spacial score (nSPS) is 17.0. The van der Waals surface area contributed by atoms with Gasteiger partial charge < -0.3 is 14.6 Å². The third-order valence-corrected chi connectivity index (χ3v) is 6.01. The van der Waals surface area contributed by atoms with Gasteiger partial charge in [-0.2, -0.15) is 0 Å². The maximum Gasteiger partial charge on any atom is 0.306 e. The van der Waals surface area contributed by atoms with Gasteiger partial charge in [-0.1, -0.05) is 62.6 Å². The average Bonchev–Trinajstić information content (AvgIpc) is 3.73. The fourth-order valence-electron chi connectivity index (χ4n) is 3.88. The van der Waals surface area contributed by atoms with Gasteiger partial charge in [0.05, 0.1) is 19.6 Å². The van der Waals surface area contributed by atoms with Crippen LogP contribution in [0.2, 0.25) is 0 Å². The molecule has 33 heavy (non-hydrogen) atoms. The SMILES string of the molecule is C1CC1.COc1cc(-c2ccc(C3COc4ccc(CC(C)C(=O)O)cc4C3)cc2)ccn1. The molecule has 0 bridgehead atoms. The van der Waals surface area contributed by atoms with Crippen molar-refractivity contribution in [2.24, 2.45) is 5.92 Å². The van der Waals surface area contributed by atoms with E-state index in [1.54, 1.807) is 20.2 Å². The number of benzene rings is 2. The molecular formula is C28H31NO4. The van der Waals surface area contributed by atoms with Gasteiger partial charge in [-0.05, 0) is 52.8 Å². The molecule has 2 aromatic carbocycles. The molecule has 1 fully saturated rings. The topological polar surface area (TPSA) is 68.7 Å². The van der Waals surface area contributed by atoms with Crippen molar-refractivity contribution in [1.29, 1.82) is 0 Å². The predicted octanol–water partition coefficient (Wildman–Crippen LogP) is 5.91. The van der Waals surface area contributed by atoms with E-state index in [1.165, 1.54) is 24.8 Å². The smallest absolute Gasteiger partial charge is 0.306 e. The second kappa shape index (κ2) is 10.5. The van der Waals surface area contributed by atoms with Crippen LogP contribution in [0.3, 0.4) is 0 Å². The fourth-order valence-corrected chi connectivity index (χ4v) is 3.88. The fraction of sp³-hybridized carbons (Fsp3) is 0.357. The summed E-state index contributed by atoms with van der Waals surface area (Å²) in [6.07, 6.45) is 7.65. The molecule has 1 aliphatic carbocycles. The highest BCUT2D eigenvalue weighted by atomic mass is 16.5. The standard InChI is InChI=1S/C25H25NO4.C3H6/c1-16(25(27)28)11-17-3-8-23-21(12-17)13-22(15-30-23)19-6-4-18(5-7-19)20-9-10-26-24(14-20)29-2;1-2-3-1/h3-10,12,14,16,22H,11,13,15H2,1-2H3,(H,27,28);1-3H2. The van der Waals surface area contributed by atoms with E-state index in [0.29, 0.717) is 18.9 Å². The highest BCUT2D eigenvalue weighted by Crippen LogP contribution is 2.34. The number of rotatable bonds is 6. The lowest BCUT2D eigenvalue weighted by Gasteiger charge is -2.26. The number of ether oxygens (including phenoxy) is 2. The van der Waals surface area contributed by atoms with E-state index in [2.05, 4.69) is 35.3 Å². The summed E-state index contributed by atoms with van der Waals surface area (Å²) in [5.74, 6) is 0.600. The Labute approximate surface area is 195 Å². The first kappa shape index (κ1) is 22.8. The number of nitrogens with zero attached hydrogens (tertiary/aromatic N) is 1. The maximum absolute atomic E-state index is 11.2. The summed E-state index contributed by atoms with van der Waals surface area (Å²) in [5, 5.41) is 9.17. The van der Waals surface area contributed by atoms with Crippen LogP contribution < -0.4 is 9.47 Å². The number of hydrogen-bond acceptors (Lipinski definition) is 4. The number of aliphatic carboxylic acids is 1. The number of aromatic nitrogens is 1. The Morgan fingerprint density at radius 3 is 2.52 bits per heavy atom. The largest absolute Gasteiger partial charge is 0.493 e. The van der Waals surface area contributed by atoms with Crippen LogP contribution >= 0.6 is 0 Å². The van der Waals surface area contributed by atoms with Gasteiger partial charge in [-0.3, -0.25) is 4.79 Å². The highest BCUT2D eigenvalue weighted by molar-refractivity contribution is 5.70. The van der Waals surface area contributed by atoms with Crippen molar-refractivity contribution in [3.05, 3.63) is 77.5 Å². The van der Waals surface area contributed by atoms with Gasteiger partial charge in [0.25, 0.3) is 0 Å². The molecule has 2 unspecified atom stereocenters. The van der Waals surface area contributed by atoms with E-state index >= 15 is 0 Å². The minimum atomic E-state index is -0.770. The molecule has 3 aromatic rings. The first-order chi connectivity index (χ1) is 16.0. The molecule has 172 valence electrons. The van der Waals surface area contributed by atoms with Gasteiger partial charge in [0, 0.05) is 18.2 Å². The first-order valence-electron chi connectivity index (χ1n) is 11.6. The molecule has 2 atom stereocenters. The molecule has 1 N–H and O–H groups in total. The monoisotopic (exact) mass is 445 g/mol. The molecule has 0 spiro atoms. The zero-order chi connectivity index (χ0) is 23.2. The van der Waals surface area contributed by atoms with E-state index in [0.717, 1.165) is 34.4 Å². The quantitative estimate of drug-likeness (QED) is 0.511. The minimum Gasteiger partial charge on any atom is -0.493 e. The summed E-state index contributed by atoms with van der Waals surface area (Å²) in [4.78, 5) is 15.3. The van der Waals surface area contributed by atoms with Crippen LogP contribution in [0.15, 0.2) is 60.8 Å². The zero-order valence-electron chi connectivity index (χ0n) is 19.3. The molecule has 5 rings (SSSR count). The third kappa shape index (κ3) is 6.13. The van der Waals surface area contributed by atoms with Crippen LogP contribution in [-0.2, 0) is 17.6 Å². The molecule has 0 saturated heterocycles. The zero-order valence-corrected chi connectivity index (χ0v) is 19.3. The number of carboxylic acids is 1.